The number of hydrogen-bond acceptors (Lipinski definition) is 4. The third-order valence-corrected chi connectivity index (χ3v) is 5.72. The lowest BCUT2D eigenvalue weighted by Gasteiger charge is -2.31. The highest BCUT2D eigenvalue weighted by Crippen LogP contribution is 2.18. The second kappa shape index (κ2) is 5.65. The van der Waals surface area contributed by atoms with E-state index >= 15 is 0 Å². The molecule has 100 valence electrons. The molecule has 2 aliphatic heterocycles. The summed E-state index contributed by atoms with van der Waals surface area (Å²) < 4.78 is 31.3. The molecule has 0 aromatic rings. The quantitative estimate of drug-likeness (QED) is 0.785. The second-order valence-electron chi connectivity index (χ2n) is 4.93. The molecular weight excluding hydrogens is 240 g/mol. The zero-order valence-electron chi connectivity index (χ0n) is 10.4. The minimum atomic E-state index is -3.13. The molecule has 0 aliphatic carbocycles. The van der Waals surface area contributed by atoms with Crippen LogP contribution in [0.15, 0.2) is 0 Å². The van der Waals surface area contributed by atoms with E-state index in [-0.39, 0.29) is 17.8 Å². The van der Waals surface area contributed by atoms with Crippen LogP contribution >= 0.6 is 0 Å². The third-order valence-electron chi connectivity index (χ3n) is 3.72. The first-order chi connectivity index (χ1) is 8.09. The van der Waals surface area contributed by atoms with Gasteiger partial charge < -0.3 is 10.1 Å². The first-order valence-corrected chi connectivity index (χ1v) is 7.97. The van der Waals surface area contributed by atoms with E-state index in [0.29, 0.717) is 13.2 Å². The van der Waals surface area contributed by atoms with E-state index in [2.05, 4.69) is 5.32 Å². The van der Waals surface area contributed by atoms with Crippen LogP contribution in [0, 0.1) is 0 Å². The first kappa shape index (κ1) is 13.3. The lowest BCUT2D eigenvalue weighted by atomic mass is 10.1. The van der Waals surface area contributed by atoms with Gasteiger partial charge in [-0.1, -0.05) is 0 Å². The van der Waals surface area contributed by atoms with Gasteiger partial charge in [-0.25, -0.2) is 12.7 Å². The van der Waals surface area contributed by atoms with Crippen molar-refractivity contribution in [1.82, 2.24) is 9.62 Å². The van der Waals surface area contributed by atoms with Gasteiger partial charge in [-0.2, -0.15) is 0 Å². The van der Waals surface area contributed by atoms with Gasteiger partial charge in [-0.3, -0.25) is 0 Å². The highest BCUT2D eigenvalue weighted by atomic mass is 32.2. The molecule has 2 rings (SSSR count). The maximum atomic E-state index is 12.2. The Morgan fingerprint density at radius 2 is 2.00 bits per heavy atom. The Hall–Kier alpha value is -0.170. The van der Waals surface area contributed by atoms with Crippen molar-refractivity contribution in [2.24, 2.45) is 0 Å². The summed E-state index contributed by atoms with van der Waals surface area (Å²) in [4.78, 5) is 0. The van der Waals surface area contributed by atoms with Crippen LogP contribution in [0.1, 0.15) is 25.7 Å². The molecule has 0 radical (unpaired) electrons. The molecule has 2 aliphatic rings. The van der Waals surface area contributed by atoms with E-state index in [1.54, 1.807) is 11.4 Å². The maximum Gasteiger partial charge on any atom is 0.215 e. The lowest BCUT2D eigenvalue weighted by molar-refractivity contribution is 0.0632. The van der Waals surface area contributed by atoms with Crippen molar-refractivity contribution in [3.8, 4) is 0 Å². The molecule has 1 unspecified atom stereocenters. The Labute approximate surface area is 104 Å². The Bertz CT molecular complexity index is 333. The fourth-order valence-electron chi connectivity index (χ4n) is 2.55. The molecule has 2 saturated heterocycles. The van der Waals surface area contributed by atoms with Crippen molar-refractivity contribution in [2.45, 2.75) is 37.8 Å². The number of nitrogens with zero attached hydrogens (tertiary/aromatic N) is 1. The summed E-state index contributed by atoms with van der Waals surface area (Å²) in [6.45, 7) is 2.29. The average Bonchev–Trinajstić information content (AvgIpc) is 2.81. The van der Waals surface area contributed by atoms with Crippen LogP contribution in [0.4, 0.5) is 0 Å². The predicted octanol–water partition coefficient (Wildman–Crippen LogP) is 0.179. The van der Waals surface area contributed by atoms with Gasteiger partial charge in [0.25, 0.3) is 0 Å². The third kappa shape index (κ3) is 3.40. The fraction of sp³-hybridized carbons (Fsp3) is 1.00. The SMILES string of the molecule is CN(C1CCOCC1)S(=O)(=O)CC1CCCN1. The molecule has 0 amide bonds. The number of hydrogen-bond donors (Lipinski definition) is 1. The van der Waals surface area contributed by atoms with Crippen molar-refractivity contribution in [3.63, 3.8) is 0 Å². The van der Waals surface area contributed by atoms with Gasteiger partial charge >= 0.3 is 0 Å². The molecule has 0 saturated carbocycles. The zero-order chi connectivity index (χ0) is 12.3. The molecule has 2 heterocycles. The average molecular weight is 262 g/mol. The molecule has 1 atom stereocenters. The lowest BCUT2D eigenvalue weighted by Crippen LogP contribution is -2.44. The normalized spacial score (nSPS) is 27.8. The van der Waals surface area contributed by atoms with Gasteiger partial charge in [-0.05, 0) is 32.2 Å². The topological polar surface area (TPSA) is 58.6 Å². The number of sulfonamides is 1. The Kier molecular flexibility index (Phi) is 4.41. The molecule has 0 aromatic heterocycles. The van der Waals surface area contributed by atoms with E-state index in [9.17, 15) is 8.42 Å². The van der Waals surface area contributed by atoms with Crippen LogP contribution in [0.3, 0.4) is 0 Å². The molecule has 1 N–H and O–H groups in total. The second-order valence-corrected chi connectivity index (χ2v) is 7.00. The van der Waals surface area contributed by atoms with E-state index in [0.717, 1.165) is 32.2 Å². The van der Waals surface area contributed by atoms with E-state index in [4.69, 9.17) is 4.74 Å². The van der Waals surface area contributed by atoms with Crippen LogP contribution in [-0.2, 0) is 14.8 Å². The molecule has 2 fully saturated rings. The van der Waals surface area contributed by atoms with Gasteiger partial charge in [-0.15, -0.1) is 0 Å². The highest BCUT2D eigenvalue weighted by molar-refractivity contribution is 7.89. The number of ether oxygens (including phenoxy) is 1. The van der Waals surface area contributed by atoms with E-state index < -0.39 is 10.0 Å². The summed E-state index contributed by atoms with van der Waals surface area (Å²) in [5, 5.41) is 3.24. The van der Waals surface area contributed by atoms with Gasteiger partial charge in [0, 0.05) is 32.3 Å². The summed E-state index contributed by atoms with van der Waals surface area (Å²) >= 11 is 0. The molecular formula is C11H22N2O3S. The smallest absolute Gasteiger partial charge is 0.215 e. The van der Waals surface area contributed by atoms with Gasteiger partial charge in [0.05, 0.1) is 5.75 Å². The minimum absolute atomic E-state index is 0.121. The Morgan fingerprint density at radius 3 is 2.59 bits per heavy atom. The first-order valence-electron chi connectivity index (χ1n) is 6.36. The van der Waals surface area contributed by atoms with Gasteiger partial charge in [0.2, 0.25) is 10.0 Å². The fourth-order valence-corrected chi connectivity index (χ4v) is 4.24. The molecule has 0 bridgehead atoms. The number of rotatable bonds is 4. The summed E-state index contributed by atoms with van der Waals surface area (Å²) in [5.41, 5.74) is 0. The molecule has 17 heavy (non-hydrogen) atoms. The van der Waals surface area contributed by atoms with Crippen LogP contribution in [0.25, 0.3) is 0 Å². The van der Waals surface area contributed by atoms with Crippen molar-refractivity contribution < 1.29 is 13.2 Å². The van der Waals surface area contributed by atoms with Crippen LogP contribution < -0.4 is 5.32 Å². The maximum absolute atomic E-state index is 12.2. The van der Waals surface area contributed by atoms with Crippen molar-refractivity contribution in [3.05, 3.63) is 0 Å². The summed E-state index contributed by atoms with van der Waals surface area (Å²) in [6, 6.07) is 0.262. The largest absolute Gasteiger partial charge is 0.381 e. The van der Waals surface area contributed by atoms with Gasteiger partial charge in [0.1, 0.15) is 0 Å². The van der Waals surface area contributed by atoms with Gasteiger partial charge in [0.15, 0.2) is 0 Å². The highest BCUT2D eigenvalue weighted by Gasteiger charge is 2.30. The van der Waals surface area contributed by atoms with Crippen LogP contribution in [0.2, 0.25) is 0 Å². The number of nitrogens with one attached hydrogen (secondary N) is 1. The Morgan fingerprint density at radius 1 is 1.29 bits per heavy atom. The summed E-state index contributed by atoms with van der Waals surface area (Å²) in [7, 11) is -1.42. The van der Waals surface area contributed by atoms with Crippen molar-refractivity contribution in [1.29, 1.82) is 0 Å². The standard InChI is InChI=1S/C11H22N2O3S/c1-13(11-4-7-16-8-5-11)17(14,15)9-10-3-2-6-12-10/h10-12H,2-9H2,1H3. The molecule has 6 heteroatoms. The minimum Gasteiger partial charge on any atom is -0.381 e. The van der Waals surface area contributed by atoms with Crippen molar-refractivity contribution >= 4 is 10.0 Å². The van der Waals surface area contributed by atoms with Crippen molar-refractivity contribution in [2.75, 3.05) is 32.6 Å². The summed E-state index contributed by atoms with van der Waals surface area (Å²) in [5.74, 6) is 0.237. The monoisotopic (exact) mass is 262 g/mol. The summed E-state index contributed by atoms with van der Waals surface area (Å²) in [6.07, 6.45) is 3.68. The molecule has 0 aromatic carbocycles. The molecule has 0 spiro atoms. The van der Waals surface area contributed by atoms with E-state index in [1.807, 2.05) is 0 Å². The predicted molar refractivity (Wildman–Crippen MR) is 66.4 cm³/mol. The zero-order valence-corrected chi connectivity index (χ0v) is 11.2. The molecule has 5 nitrogen and oxygen atoms in total. The van der Waals surface area contributed by atoms with Crippen LogP contribution in [0.5, 0.6) is 0 Å². The van der Waals surface area contributed by atoms with Crippen LogP contribution in [-0.4, -0.2) is 57.4 Å². The van der Waals surface area contributed by atoms with E-state index in [1.165, 1.54) is 0 Å². The Balaban J connectivity index is 1.93.